The van der Waals surface area contributed by atoms with Gasteiger partial charge in [0.2, 0.25) is 0 Å². The van der Waals surface area contributed by atoms with Gasteiger partial charge in [-0.25, -0.2) is 0 Å². The average Bonchev–Trinajstić information content (AvgIpc) is 2.09. The number of hydrogen-bond donors (Lipinski definition) is 1. The van der Waals surface area contributed by atoms with E-state index in [-0.39, 0.29) is 6.23 Å². The molecule has 0 amide bonds. The summed E-state index contributed by atoms with van der Waals surface area (Å²) >= 11 is 0. The third-order valence-corrected chi connectivity index (χ3v) is 1.71. The number of rotatable bonds is 3. The van der Waals surface area contributed by atoms with Gasteiger partial charge in [-0.1, -0.05) is 24.6 Å². The zero-order valence-electron chi connectivity index (χ0n) is 7.58. The van der Waals surface area contributed by atoms with E-state index >= 15 is 0 Å². The molecule has 0 aromatic heterocycles. The first-order valence-electron chi connectivity index (χ1n) is 4.21. The van der Waals surface area contributed by atoms with Crippen molar-refractivity contribution >= 4 is 0 Å². The summed E-state index contributed by atoms with van der Waals surface area (Å²) in [5, 5.41) is 0. The SMILES string of the molecule is CCC(N)Oc1ccc(C)cc1. The number of nitrogens with two attached hydrogens (primary N) is 1. The molecular weight excluding hydrogens is 150 g/mol. The van der Waals surface area contributed by atoms with Crippen molar-refractivity contribution in [2.75, 3.05) is 0 Å². The quantitative estimate of drug-likeness (QED) is 0.696. The highest BCUT2D eigenvalue weighted by atomic mass is 16.5. The zero-order chi connectivity index (χ0) is 8.97. The van der Waals surface area contributed by atoms with Crippen LogP contribution in [0.15, 0.2) is 24.3 Å². The first-order chi connectivity index (χ1) is 5.72. The van der Waals surface area contributed by atoms with Gasteiger partial charge in [0.1, 0.15) is 12.0 Å². The molecule has 0 heterocycles. The number of hydrogen-bond acceptors (Lipinski definition) is 2. The minimum atomic E-state index is -0.187. The first kappa shape index (κ1) is 9.07. The van der Waals surface area contributed by atoms with E-state index < -0.39 is 0 Å². The predicted molar refractivity (Wildman–Crippen MR) is 50.1 cm³/mol. The van der Waals surface area contributed by atoms with Gasteiger partial charge in [0.25, 0.3) is 0 Å². The number of ether oxygens (including phenoxy) is 1. The molecule has 0 spiro atoms. The van der Waals surface area contributed by atoms with Crippen molar-refractivity contribution in [3.63, 3.8) is 0 Å². The molecule has 0 radical (unpaired) electrons. The summed E-state index contributed by atoms with van der Waals surface area (Å²) in [6.07, 6.45) is 0.640. The summed E-state index contributed by atoms with van der Waals surface area (Å²) in [6.45, 7) is 4.04. The Morgan fingerprint density at radius 1 is 1.33 bits per heavy atom. The summed E-state index contributed by atoms with van der Waals surface area (Å²) < 4.78 is 5.40. The highest BCUT2D eigenvalue weighted by Crippen LogP contribution is 2.12. The summed E-state index contributed by atoms with van der Waals surface area (Å²) in [4.78, 5) is 0. The molecule has 1 atom stereocenters. The third kappa shape index (κ3) is 2.55. The van der Waals surface area contributed by atoms with E-state index in [1.54, 1.807) is 0 Å². The van der Waals surface area contributed by atoms with Crippen LogP contribution in [0.2, 0.25) is 0 Å². The van der Waals surface area contributed by atoms with Crippen LogP contribution in [0.4, 0.5) is 0 Å². The van der Waals surface area contributed by atoms with Gasteiger partial charge in [0, 0.05) is 0 Å². The molecule has 1 aromatic carbocycles. The predicted octanol–water partition coefficient (Wildman–Crippen LogP) is 2.07. The van der Waals surface area contributed by atoms with Crippen LogP contribution in [-0.4, -0.2) is 6.23 Å². The highest BCUT2D eigenvalue weighted by Gasteiger charge is 1.99. The van der Waals surface area contributed by atoms with E-state index in [1.807, 2.05) is 38.1 Å². The Kier molecular flexibility index (Phi) is 3.11. The second kappa shape index (κ2) is 4.12. The van der Waals surface area contributed by atoms with Crippen molar-refractivity contribution in [2.24, 2.45) is 5.73 Å². The fourth-order valence-corrected chi connectivity index (χ4v) is 0.875. The lowest BCUT2D eigenvalue weighted by Gasteiger charge is -2.11. The van der Waals surface area contributed by atoms with E-state index in [9.17, 15) is 0 Å². The maximum atomic E-state index is 5.62. The van der Waals surface area contributed by atoms with Gasteiger partial charge in [-0.15, -0.1) is 0 Å². The molecule has 0 bridgehead atoms. The molecule has 1 unspecified atom stereocenters. The van der Waals surface area contributed by atoms with E-state index in [1.165, 1.54) is 5.56 Å². The van der Waals surface area contributed by atoms with Crippen molar-refractivity contribution < 1.29 is 4.74 Å². The summed E-state index contributed by atoms with van der Waals surface area (Å²) in [5.41, 5.74) is 6.85. The average molecular weight is 165 g/mol. The van der Waals surface area contributed by atoms with Crippen LogP contribution in [0.25, 0.3) is 0 Å². The van der Waals surface area contributed by atoms with Gasteiger partial charge in [-0.3, -0.25) is 5.73 Å². The molecule has 0 aliphatic rings. The Hall–Kier alpha value is -1.02. The minimum absolute atomic E-state index is 0.187. The molecule has 66 valence electrons. The van der Waals surface area contributed by atoms with E-state index in [2.05, 4.69) is 0 Å². The maximum absolute atomic E-state index is 5.62. The van der Waals surface area contributed by atoms with Crippen LogP contribution in [0.3, 0.4) is 0 Å². The van der Waals surface area contributed by atoms with Gasteiger partial charge in [0.05, 0.1) is 0 Å². The van der Waals surface area contributed by atoms with Gasteiger partial charge in [-0.05, 0) is 25.5 Å². The lowest BCUT2D eigenvalue weighted by molar-refractivity contribution is 0.205. The van der Waals surface area contributed by atoms with E-state index in [0.717, 1.165) is 12.2 Å². The standard InChI is InChI=1S/C10H15NO/c1-3-10(11)12-9-6-4-8(2)5-7-9/h4-7,10H,3,11H2,1-2H3. The molecule has 12 heavy (non-hydrogen) atoms. The highest BCUT2D eigenvalue weighted by molar-refractivity contribution is 5.26. The fraction of sp³-hybridized carbons (Fsp3) is 0.400. The lowest BCUT2D eigenvalue weighted by Crippen LogP contribution is -2.25. The van der Waals surface area contributed by atoms with Crippen LogP contribution in [0, 0.1) is 6.92 Å². The number of aryl methyl sites for hydroxylation is 1. The van der Waals surface area contributed by atoms with E-state index in [0.29, 0.717) is 0 Å². The molecule has 1 rings (SSSR count). The molecule has 2 N–H and O–H groups in total. The van der Waals surface area contributed by atoms with Crippen LogP contribution < -0.4 is 10.5 Å². The van der Waals surface area contributed by atoms with Crippen LogP contribution in [0.1, 0.15) is 18.9 Å². The molecule has 0 aliphatic carbocycles. The molecule has 0 saturated heterocycles. The molecule has 0 saturated carbocycles. The van der Waals surface area contributed by atoms with Crippen LogP contribution in [0.5, 0.6) is 5.75 Å². The largest absolute Gasteiger partial charge is 0.476 e. The molecular formula is C10H15NO. The van der Waals surface area contributed by atoms with Crippen molar-refractivity contribution in [1.82, 2.24) is 0 Å². The lowest BCUT2D eigenvalue weighted by atomic mass is 10.2. The molecule has 0 aliphatic heterocycles. The smallest absolute Gasteiger partial charge is 0.147 e. The number of benzene rings is 1. The first-order valence-corrected chi connectivity index (χ1v) is 4.21. The van der Waals surface area contributed by atoms with Crippen molar-refractivity contribution in [3.8, 4) is 5.75 Å². The van der Waals surface area contributed by atoms with E-state index in [4.69, 9.17) is 10.5 Å². The monoisotopic (exact) mass is 165 g/mol. The van der Waals surface area contributed by atoms with Crippen molar-refractivity contribution in [2.45, 2.75) is 26.5 Å². The second-order valence-electron chi connectivity index (χ2n) is 2.88. The van der Waals surface area contributed by atoms with Crippen molar-refractivity contribution in [3.05, 3.63) is 29.8 Å². The molecule has 2 nitrogen and oxygen atoms in total. The zero-order valence-corrected chi connectivity index (χ0v) is 7.58. The summed E-state index contributed by atoms with van der Waals surface area (Å²) in [6, 6.07) is 7.89. The van der Waals surface area contributed by atoms with Gasteiger partial charge in [0.15, 0.2) is 0 Å². The fourth-order valence-electron chi connectivity index (χ4n) is 0.875. The van der Waals surface area contributed by atoms with Crippen LogP contribution >= 0.6 is 0 Å². The Morgan fingerprint density at radius 2 is 1.92 bits per heavy atom. The van der Waals surface area contributed by atoms with Crippen molar-refractivity contribution in [1.29, 1.82) is 0 Å². The Labute approximate surface area is 73.3 Å². The Balaban J connectivity index is 2.58. The minimum Gasteiger partial charge on any atom is -0.476 e. The summed E-state index contributed by atoms with van der Waals surface area (Å²) in [7, 11) is 0. The molecule has 1 aromatic rings. The molecule has 2 heteroatoms. The summed E-state index contributed by atoms with van der Waals surface area (Å²) in [5.74, 6) is 0.843. The Bertz CT molecular complexity index is 230. The topological polar surface area (TPSA) is 35.2 Å². The maximum Gasteiger partial charge on any atom is 0.147 e. The second-order valence-corrected chi connectivity index (χ2v) is 2.88. The normalized spacial score (nSPS) is 12.6. The van der Waals surface area contributed by atoms with Crippen LogP contribution in [-0.2, 0) is 0 Å². The van der Waals surface area contributed by atoms with Gasteiger partial charge in [-0.2, -0.15) is 0 Å². The third-order valence-electron chi connectivity index (χ3n) is 1.71. The van der Waals surface area contributed by atoms with Gasteiger partial charge >= 0.3 is 0 Å². The van der Waals surface area contributed by atoms with Gasteiger partial charge < -0.3 is 4.74 Å². The Morgan fingerprint density at radius 3 is 2.42 bits per heavy atom. The molecule has 0 fully saturated rings.